The average Bonchev–Trinajstić information content (AvgIpc) is 3.06. The first-order chi connectivity index (χ1) is 12.7. The minimum absolute atomic E-state index is 0.00160. The maximum absolute atomic E-state index is 13.2. The fourth-order valence-corrected chi connectivity index (χ4v) is 4.31. The highest BCUT2D eigenvalue weighted by atomic mass is 32.2. The molecule has 1 aromatic carbocycles. The van der Waals surface area contributed by atoms with Crippen molar-refractivity contribution in [2.45, 2.75) is 17.6 Å². The van der Waals surface area contributed by atoms with Gasteiger partial charge in [-0.2, -0.15) is 17.5 Å². The number of carbonyl (C=O) groups is 1. The van der Waals surface area contributed by atoms with Crippen LogP contribution in [0.2, 0.25) is 0 Å². The molecular weight excluding hydrogens is 385 g/mol. The number of alkyl halides is 3. The summed E-state index contributed by atoms with van der Waals surface area (Å²) in [4.78, 5) is 20.1. The molecule has 0 spiro atoms. The molecule has 11 heteroatoms. The number of sulfonamides is 1. The summed E-state index contributed by atoms with van der Waals surface area (Å²) in [5.74, 6) is -0.760. The van der Waals surface area contributed by atoms with Gasteiger partial charge in [-0.05, 0) is 18.6 Å². The second-order valence-electron chi connectivity index (χ2n) is 6.01. The Morgan fingerprint density at radius 1 is 1.11 bits per heavy atom. The van der Waals surface area contributed by atoms with Crippen molar-refractivity contribution in [3.05, 3.63) is 47.9 Å². The first-order valence-corrected chi connectivity index (χ1v) is 9.59. The first kappa shape index (κ1) is 19.4. The second-order valence-corrected chi connectivity index (χ2v) is 7.92. The summed E-state index contributed by atoms with van der Waals surface area (Å²) in [5.41, 5.74) is -1.43. The maximum Gasteiger partial charge on any atom is 0.417 e. The van der Waals surface area contributed by atoms with Gasteiger partial charge in [0.15, 0.2) is 5.03 Å². The summed E-state index contributed by atoms with van der Waals surface area (Å²) in [6, 6.07) is 4.59. The lowest BCUT2D eigenvalue weighted by Gasteiger charge is -2.23. The van der Waals surface area contributed by atoms with E-state index >= 15 is 0 Å². The molecule has 1 fully saturated rings. The fraction of sp³-hybridized carbons (Fsp3) is 0.375. The Morgan fingerprint density at radius 2 is 1.85 bits per heavy atom. The lowest BCUT2D eigenvalue weighted by Crippen LogP contribution is -2.38. The Balaban J connectivity index is 1.79. The summed E-state index contributed by atoms with van der Waals surface area (Å²) >= 11 is 0. The third-order valence-corrected chi connectivity index (χ3v) is 6.12. The van der Waals surface area contributed by atoms with Crippen LogP contribution < -0.4 is 0 Å². The van der Waals surface area contributed by atoms with E-state index < -0.39 is 33.2 Å². The third-order valence-electron chi connectivity index (χ3n) is 4.30. The van der Waals surface area contributed by atoms with E-state index in [1.807, 2.05) is 0 Å². The molecule has 7 nitrogen and oxygen atoms in total. The predicted octanol–water partition coefficient (Wildman–Crippen LogP) is 1.97. The molecule has 2 heterocycles. The number of hydrogen-bond acceptors (Lipinski definition) is 4. The predicted molar refractivity (Wildman–Crippen MR) is 89.3 cm³/mol. The van der Waals surface area contributed by atoms with Gasteiger partial charge in [-0.15, -0.1) is 0 Å². The van der Waals surface area contributed by atoms with Gasteiger partial charge in [0, 0.05) is 26.2 Å². The Kier molecular flexibility index (Phi) is 5.24. The van der Waals surface area contributed by atoms with Crippen LogP contribution in [-0.4, -0.2) is 59.7 Å². The van der Waals surface area contributed by atoms with Crippen LogP contribution in [0.3, 0.4) is 0 Å². The van der Waals surface area contributed by atoms with Gasteiger partial charge < -0.3 is 9.88 Å². The second kappa shape index (κ2) is 7.31. The number of amides is 1. The van der Waals surface area contributed by atoms with Crippen LogP contribution in [0.5, 0.6) is 0 Å². The molecule has 0 bridgehead atoms. The standard InChI is InChI=1S/C16H17F3N4O3S/c17-16(18,19)13-5-2-1-4-12(13)15(24)22-6-3-7-23(9-8-22)27(25,26)14-10-20-11-21-14/h1-2,4-5,10-11H,3,6-9H2,(H,20,21). The lowest BCUT2D eigenvalue weighted by atomic mass is 10.1. The van der Waals surface area contributed by atoms with Crippen LogP contribution in [0.15, 0.2) is 41.8 Å². The molecule has 0 radical (unpaired) electrons. The van der Waals surface area contributed by atoms with Crippen LogP contribution in [0.1, 0.15) is 22.3 Å². The molecule has 1 amide bonds. The molecule has 1 aromatic heterocycles. The number of H-pyrrole nitrogens is 1. The number of nitrogens with zero attached hydrogens (tertiary/aromatic N) is 3. The van der Waals surface area contributed by atoms with E-state index in [0.717, 1.165) is 12.1 Å². The van der Waals surface area contributed by atoms with Crippen LogP contribution in [0.4, 0.5) is 13.2 Å². The molecule has 1 saturated heterocycles. The fourth-order valence-electron chi connectivity index (χ4n) is 2.95. The van der Waals surface area contributed by atoms with Gasteiger partial charge in [-0.3, -0.25) is 4.79 Å². The molecule has 2 aromatic rings. The molecule has 146 valence electrons. The van der Waals surface area contributed by atoms with Gasteiger partial charge in [0.25, 0.3) is 15.9 Å². The van der Waals surface area contributed by atoms with Gasteiger partial charge in [-0.25, -0.2) is 13.4 Å². The number of halogens is 3. The lowest BCUT2D eigenvalue weighted by molar-refractivity contribution is -0.138. The van der Waals surface area contributed by atoms with Crippen LogP contribution in [0.25, 0.3) is 0 Å². The monoisotopic (exact) mass is 402 g/mol. The number of rotatable bonds is 3. The highest BCUT2D eigenvalue weighted by Crippen LogP contribution is 2.32. The van der Waals surface area contributed by atoms with E-state index in [9.17, 15) is 26.4 Å². The number of benzene rings is 1. The maximum atomic E-state index is 13.2. The third kappa shape index (κ3) is 3.98. The zero-order valence-electron chi connectivity index (χ0n) is 14.1. The van der Waals surface area contributed by atoms with Crippen molar-refractivity contribution in [1.82, 2.24) is 19.2 Å². The van der Waals surface area contributed by atoms with Gasteiger partial charge in [0.1, 0.15) is 0 Å². The molecule has 1 N–H and O–H groups in total. The van der Waals surface area contributed by atoms with Crippen molar-refractivity contribution in [3.8, 4) is 0 Å². The van der Waals surface area contributed by atoms with E-state index in [-0.39, 0.29) is 31.2 Å². The quantitative estimate of drug-likeness (QED) is 0.851. The summed E-state index contributed by atoms with van der Waals surface area (Å²) in [6.07, 6.45) is -1.90. The smallest absolute Gasteiger partial charge is 0.337 e. The average molecular weight is 402 g/mol. The summed E-state index contributed by atoms with van der Waals surface area (Å²) < 4.78 is 65.8. The highest BCUT2D eigenvalue weighted by molar-refractivity contribution is 7.89. The number of carbonyl (C=O) groups excluding carboxylic acids is 1. The molecule has 0 unspecified atom stereocenters. The Hall–Kier alpha value is -2.40. The zero-order valence-corrected chi connectivity index (χ0v) is 14.9. The number of imidazole rings is 1. The van der Waals surface area contributed by atoms with Crippen LogP contribution >= 0.6 is 0 Å². The van der Waals surface area contributed by atoms with Crippen molar-refractivity contribution in [2.75, 3.05) is 26.2 Å². The van der Waals surface area contributed by atoms with Gasteiger partial charge in [-0.1, -0.05) is 12.1 Å². The minimum Gasteiger partial charge on any atom is -0.337 e. The molecule has 3 rings (SSSR count). The zero-order chi connectivity index (χ0) is 19.7. The molecule has 0 aliphatic carbocycles. The van der Waals surface area contributed by atoms with Gasteiger partial charge in [0.05, 0.1) is 23.7 Å². The Labute approximate surface area is 153 Å². The van der Waals surface area contributed by atoms with Crippen molar-refractivity contribution < 1.29 is 26.4 Å². The van der Waals surface area contributed by atoms with E-state index in [1.54, 1.807) is 0 Å². The summed E-state index contributed by atoms with van der Waals surface area (Å²) in [7, 11) is -3.79. The van der Waals surface area contributed by atoms with E-state index in [1.165, 1.54) is 33.9 Å². The van der Waals surface area contributed by atoms with Crippen molar-refractivity contribution in [3.63, 3.8) is 0 Å². The van der Waals surface area contributed by atoms with Crippen molar-refractivity contribution >= 4 is 15.9 Å². The van der Waals surface area contributed by atoms with Crippen LogP contribution in [0, 0.1) is 0 Å². The van der Waals surface area contributed by atoms with Crippen molar-refractivity contribution in [2.24, 2.45) is 0 Å². The minimum atomic E-state index is -4.64. The number of aromatic nitrogens is 2. The van der Waals surface area contributed by atoms with Gasteiger partial charge in [0.2, 0.25) is 0 Å². The number of nitrogens with one attached hydrogen (secondary N) is 1. The number of aromatic amines is 1. The van der Waals surface area contributed by atoms with E-state index in [0.29, 0.717) is 6.42 Å². The van der Waals surface area contributed by atoms with Crippen molar-refractivity contribution in [1.29, 1.82) is 0 Å². The number of hydrogen-bond donors (Lipinski definition) is 1. The Bertz CT molecular complexity index is 913. The topological polar surface area (TPSA) is 86.4 Å². The normalized spacial score (nSPS) is 16.9. The SMILES string of the molecule is O=C(c1ccccc1C(F)(F)F)N1CCCN(S(=O)(=O)c2cnc[nH]2)CC1. The molecular formula is C16H17F3N4O3S. The summed E-state index contributed by atoms with van der Waals surface area (Å²) in [5, 5.41) is -0.0651. The van der Waals surface area contributed by atoms with E-state index in [4.69, 9.17) is 0 Å². The first-order valence-electron chi connectivity index (χ1n) is 8.15. The summed E-state index contributed by atoms with van der Waals surface area (Å²) in [6.45, 7) is 0.311. The molecule has 1 aliphatic rings. The van der Waals surface area contributed by atoms with E-state index in [2.05, 4.69) is 9.97 Å². The van der Waals surface area contributed by atoms with Crippen LogP contribution in [-0.2, 0) is 16.2 Å². The molecule has 0 saturated carbocycles. The Morgan fingerprint density at radius 3 is 2.52 bits per heavy atom. The van der Waals surface area contributed by atoms with Gasteiger partial charge >= 0.3 is 6.18 Å². The molecule has 1 aliphatic heterocycles. The molecule has 27 heavy (non-hydrogen) atoms. The highest BCUT2D eigenvalue weighted by Gasteiger charge is 2.36. The largest absolute Gasteiger partial charge is 0.417 e. The molecule has 0 atom stereocenters.